The lowest BCUT2D eigenvalue weighted by molar-refractivity contribution is -0.121. The van der Waals surface area contributed by atoms with Crippen LogP contribution in [0, 0.1) is 0 Å². The normalized spacial score (nSPS) is 20.1. The van der Waals surface area contributed by atoms with Gasteiger partial charge in [0.15, 0.2) is 0 Å². The summed E-state index contributed by atoms with van der Waals surface area (Å²) >= 11 is 0. The molecular formula is C16H25N3O. The summed E-state index contributed by atoms with van der Waals surface area (Å²) in [6.45, 7) is 7.18. The second-order valence-corrected chi connectivity index (χ2v) is 5.42. The molecule has 110 valence electrons. The van der Waals surface area contributed by atoms with Crippen LogP contribution in [0.4, 0.5) is 5.69 Å². The van der Waals surface area contributed by atoms with Crippen LogP contribution in [0.25, 0.3) is 0 Å². The highest BCUT2D eigenvalue weighted by atomic mass is 16.2. The van der Waals surface area contributed by atoms with Crippen LogP contribution in [-0.4, -0.2) is 42.5 Å². The molecule has 0 aromatic heterocycles. The van der Waals surface area contributed by atoms with E-state index in [1.807, 2.05) is 37.3 Å². The van der Waals surface area contributed by atoms with Crippen molar-refractivity contribution in [3.05, 3.63) is 30.3 Å². The average molecular weight is 275 g/mol. The number of anilines is 1. The predicted octanol–water partition coefficient (Wildman–Crippen LogP) is 2.09. The van der Waals surface area contributed by atoms with Crippen LogP contribution in [0.2, 0.25) is 0 Å². The molecule has 1 heterocycles. The SMILES string of the molecule is CCCN(C1CCNC1)C(C)C(=O)Nc1ccccc1. The fourth-order valence-corrected chi connectivity index (χ4v) is 2.79. The van der Waals surface area contributed by atoms with E-state index in [2.05, 4.69) is 22.5 Å². The lowest BCUT2D eigenvalue weighted by Gasteiger charge is -2.33. The number of carbonyl (C=O) groups is 1. The maximum absolute atomic E-state index is 12.4. The standard InChI is InChI=1S/C16H25N3O/c1-3-11-19(15-9-10-17-12-15)13(2)16(20)18-14-7-5-4-6-8-14/h4-8,13,15,17H,3,9-12H2,1-2H3,(H,18,20). The Labute approximate surface area is 121 Å². The first-order valence-corrected chi connectivity index (χ1v) is 7.54. The molecule has 2 rings (SSSR count). The van der Waals surface area contributed by atoms with Crippen LogP contribution < -0.4 is 10.6 Å². The number of para-hydroxylation sites is 1. The predicted molar refractivity (Wildman–Crippen MR) is 82.8 cm³/mol. The zero-order valence-corrected chi connectivity index (χ0v) is 12.4. The average Bonchev–Trinajstić information content (AvgIpc) is 2.99. The lowest BCUT2D eigenvalue weighted by Crippen LogP contribution is -2.48. The van der Waals surface area contributed by atoms with Gasteiger partial charge in [-0.05, 0) is 45.0 Å². The van der Waals surface area contributed by atoms with Gasteiger partial charge in [0.2, 0.25) is 5.91 Å². The molecule has 1 fully saturated rings. The summed E-state index contributed by atoms with van der Waals surface area (Å²) in [5, 5.41) is 6.38. The molecule has 0 aliphatic carbocycles. The van der Waals surface area contributed by atoms with Crippen molar-refractivity contribution < 1.29 is 4.79 Å². The van der Waals surface area contributed by atoms with E-state index in [9.17, 15) is 4.79 Å². The third-order valence-electron chi connectivity index (χ3n) is 3.90. The van der Waals surface area contributed by atoms with Crippen LogP contribution >= 0.6 is 0 Å². The molecule has 1 aliphatic heterocycles. The summed E-state index contributed by atoms with van der Waals surface area (Å²) in [7, 11) is 0. The van der Waals surface area contributed by atoms with Gasteiger partial charge >= 0.3 is 0 Å². The first kappa shape index (κ1) is 15.0. The maximum atomic E-state index is 12.4. The van der Waals surface area contributed by atoms with Gasteiger partial charge in [0.1, 0.15) is 0 Å². The Morgan fingerprint density at radius 1 is 1.45 bits per heavy atom. The van der Waals surface area contributed by atoms with Crippen molar-refractivity contribution in [2.45, 2.75) is 38.8 Å². The van der Waals surface area contributed by atoms with Crippen molar-refractivity contribution in [1.29, 1.82) is 0 Å². The van der Waals surface area contributed by atoms with E-state index in [0.717, 1.165) is 38.2 Å². The highest BCUT2D eigenvalue weighted by Gasteiger charge is 2.29. The molecule has 1 saturated heterocycles. The van der Waals surface area contributed by atoms with Gasteiger partial charge in [0.05, 0.1) is 6.04 Å². The molecule has 1 aliphatic rings. The Bertz CT molecular complexity index is 415. The molecule has 4 heteroatoms. The van der Waals surface area contributed by atoms with Crippen LogP contribution in [0.3, 0.4) is 0 Å². The van der Waals surface area contributed by atoms with Crippen molar-refractivity contribution >= 4 is 11.6 Å². The summed E-state index contributed by atoms with van der Waals surface area (Å²) in [6.07, 6.45) is 2.20. The summed E-state index contributed by atoms with van der Waals surface area (Å²) in [6, 6.07) is 10.0. The summed E-state index contributed by atoms with van der Waals surface area (Å²) in [5.74, 6) is 0.0801. The Morgan fingerprint density at radius 2 is 2.20 bits per heavy atom. The molecule has 2 unspecified atom stereocenters. The number of amides is 1. The maximum Gasteiger partial charge on any atom is 0.241 e. The quantitative estimate of drug-likeness (QED) is 0.835. The molecule has 0 radical (unpaired) electrons. The van der Waals surface area contributed by atoms with Gasteiger partial charge < -0.3 is 10.6 Å². The Hall–Kier alpha value is -1.39. The van der Waals surface area contributed by atoms with Gasteiger partial charge in [-0.2, -0.15) is 0 Å². The van der Waals surface area contributed by atoms with Crippen molar-refractivity contribution in [1.82, 2.24) is 10.2 Å². The lowest BCUT2D eigenvalue weighted by atomic mass is 10.1. The van der Waals surface area contributed by atoms with Gasteiger partial charge in [-0.1, -0.05) is 25.1 Å². The van der Waals surface area contributed by atoms with Crippen molar-refractivity contribution in [3.8, 4) is 0 Å². The molecule has 20 heavy (non-hydrogen) atoms. The van der Waals surface area contributed by atoms with Gasteiger partial charge in [0, 0.05) is 18.3 Å². The van der Waals surface area contributed by atoms with Gasteiger partial charge in [-0.15, -0.1) is 0 Å². The molecule has 0 bridgehead atoms. The zero-order valence-electron chi connectivity index (χ0n) is 12.4. The number of hydrogen-bond donors (Lipinski definition) is 2. The topological polar surface area (TPSA) is 44.4 Å². The van der Waals surface area contributed by atoms with E-state index >= 15 is 0 Å². The van der Waals surface area contributed by atoms with Gasteiger partial charge in [0.25, 0.3) is 0 Å². The monoisotopic (exact) mass is 275 g/mol. The number of rotatable bonds is 6. The van der Waals surface area contributed by atoms with Crippen LogP contribution in [0.5, 0.6) is 0 Å². The minimum absolute atomic E-state index is 0.0801. The number of nitrogens with zero attached hydrogens (tertiary/aromatic N) is 1. The van der Waals surface area contributed by atoms with E-state index < -0.39 is 0 Å². The van der Waals surface area contributed by atoms with E-state index in [-0.39, 0.29) is 11.9 Å². The Kier molecular flexibility index (Phi) is 5.56. The van der Waals surface area contributed by atoms with Crippen molar-refractivity contribution in [2.24, 2.45) is 0 Å². The molecule has 4 nitrogen and oxygen atoms in total. The second kappa shape index (κ2) is 7.41. The molecular weight excluding hydrogens is 250 g/mol. The van der Waals surface area contributed by atoms with E-state index in [1.165, 1.54) is 0 Å². The van der Waals surface area contributed by atoms with Gasteiger partial charge in [-0.25, -0.2) is 0 Å². The Morgan fingerprint density at radius 3 is 2.80 bits per heavy atom. The van der Waals surface area contributed by atoms with E-state index in [4.69, 9.17) is 0 Å². The zero-order chi connectivity index (χ0) is 14.4. The van der Waals surface area contributed by atoms with Crippen molar-refractivity contribution in [3.63, 3.8) is 0 Å². The van der Waals surface area contributed by atoms with E-state index in [0.29, 0.717) is 6.04 Å². The molecule has 1 amide bonds. The number of nitrogens with one attached hydrogen (secondary N) is 2. The molecule has 0 spiro atoms. The molecule has 1 aromatic rings. The van der Waals surface area contributed by atoms with Crippen molar-refractivity contribution in [2.75, 3.05) is 25.0 Å². The van der Waals surface area contributed by atoms with Crippen LogP contribution in [0.15, 0.2) is 30.3 Å². The third-order valence-corrected chi connectivity index (χ3v) is 3.90. The molecule has 2 atom stereocenters. The number of benzene rings is 1. The minimum atomic E-state index is -0.0972. The third kappa shape index (κ3) is 3.81. The highest BCUT2D eigenvalue weighted by molar-refractivity contribution is 5.94. The number of hydrogen-bond acceptors (Lipinski definition) is 3. The van der Waals surface area contributed by atoms with Gasteiger partial charge in [-0.3, -0.25) is 9.69 Å². The second-order valence-electron chi connectivity index (χ2n) is 5.42. The first-order valence-electron chi connectivity index (χ1n) is 7.54. The molecule has 0 saturated carbocycles. The summed E-state index contributed by atoms with van der Waals surface area (Å²) in [4.78, 5) is 14.7. The minimum Gasteiger partial charge on any atom is -0.325 e. The van der Waals surface area contributed by atoms with Crippen LogP contribution in [0.1, 0.15) is 26.7 Å². The smallest absolute Gasteiger partial charge is 0.241 e. The molecule has 1 aromatic carbocycles. The summed E-state index contributed by atoms with van der Waals surface area (Å²) < 4.78 is 0. The molecule has 2 N–H and O–H groups in total. The largest absolute Gasteiger partial charge is 0.325 e. The fourth-order valence-electron chi connectivity index (χ4n) is 2.79. The Balaban J connectivity index is 1.98. The summed E-state index contributed by atoms with van der Waals surface area (Å²) in [5.41, 5.74) is 0.866. The fraction of sp³-hybridized carbons (Fsp3) is 0.562. The number of carbonyl (C=O) groups excluding carboxylic acids is 1. The van der Waals surface area contributed by atoms with Crippen LogP contribution in [-0.2, 0) is 4.79 Å². The first-order chi connectivity index (χ1) is 9.72. The highest BCUT2D eigenvalue weighted by Crippen LogP contribution is 2.15. The van der Waals surface area contributed by atoms with E-state index in [1.54, 1.807) is 0 Å².